The number of aromatic nitrogens is 1. The number of hydrogen-bond acceptors (Lipinski definition) is 4. The van der Waals surface area contributed by atoms with Crippen LogP contribution in [0.25, 0.3) is 10.2 Å². The molecule has 2 aromatic heterocycles. The number of carbonyl (C=O) groups excluding carboxylic acids is 1. The number of rotatable bonds is 7. The van der Waals surface area contributed by atoms with Crippen LogP contribution in [0.4, 0.5) is 5.69 Å². The molecule has 2 heterocycles. The summed E-state index contributed by atoms with van der Waals surface area (Å²) in [6.45, 7) is 2.56. The zero-order valence-corrected chi connectivity index (χ0v) is 15.4. The number of anilines is 1. The van der Waals surface area contributed by atoms with Crippen molar-refractivity contribution in [2.24, 2.45) is 0 Å². The fourth-order valence-electron chi connectivity index (χ4n) is 2.64. The maximum Gasteiger partial charge on any atom is 0.266 e. The molecule has 3 aromatic rings. The smallest absolute Gasteiger partial charge is 0.266 e. The van der Waals surface area contributed by atoms with E-state index in [4.69, 9.17) is 11.2 Å². The lowest BCUT2D eigenvalue weighted by atomic mass is 10.2. The third-order valence-corrected chi connectivity index (χ3v) is 5.21. The van der Waals surface area contributed by atoms with E-state index >= 15 is 0 Å². The topological polar surface area (TPSA) is 51.2 Å². The molecule has 0 aliphatic carbocycles. The third kappa shape index (κ3) is 4.22. The Morgan fingerprint density at radius 1 is 1.31 bits per heavy atom. The molecule has 0 bridgehead atoms. The standard InChI is InChI=1S/C21H20N2O2S/c1-3-4-5-6-13-25-17-10-7-9-16(14-17)23-20(24)19-15(2)18-11-8-12-22-21(18)26-19/h1,7-12,14H,4-6,13H2,2H3,(H,23,24). The molecular weight excluding hydrogens is 344 g/mol. The number of benzene rings is 1. The van der Waals surface area contributed by atoms with E-state index in [-0.39, 0.29) is 5.91 Å². The number of aryl methyl sites for hydroxylation is 1. The Kier molecular flexibility index (Phi) is 5.88. The number of terminal acetylenes is 1. The van der Waals surface area contributed by atoms with Crippen LogP contribution < -0.4 is 10.1 Å². The van der Waals surface area contributed by atoms with Crippen molar-refractivity contribution in [3.8, 4) is 18.1 Å². The van der Waals surface area contributed by atoms with Crippen LogP contribution in [0.5, 0.6) is 5.75 Å². The van der Waals surface area contributed by atoms with Crippen molar-refractivity contribution < 1.29 is 9.53 Å². The van der Waals surface area contributed by atoms with Gasteiger partial charge in [-0.3, -0.25) is 4.79 Å². The lowest BCUT2D eigenvalue weighted by molar-refractivity contribution is 0.103. The van der Waals surface area contributed by atoms with Crippen molar-refractivity contribution in [1.29, 1.82) is 0 Å². The van der Waals surface area contributed by atoms with Crippen molar-refractivity contribution in [1.82, 2.24) is 4.98 Å². The number of fused-ring (bicyclic) bond motifs is 1. The number of hydrogen-bond donors (Lipinski definition) is 1. The number of unbranched alkanes of at least 4 members (excludes halogenated alkanes) is 2. The second-order valence-electron chi connectivity index (χ2n) is 5.90. The molecule has 0 radical (unpaired) electrons. The first-order chi connectivity index (χ1) is 12.7. The van der Waals surface area contributed by atoms with Crippen LogP contribution in [-0.4, -0.2) is 17.5 Å². The van der Waals surface area contributed by atoms with Gasteiger partial charge in [-0.2, -0.15) is 0 Å². The molecule has 0 aliphatic rings. The number of nitrogens with one attached hydrogen (secondary N) is 1. The van der Waals surface area contributed by atoms with E-state index in [0.29, 0.717) is 17.2 Å². The highest BCUT2D eigenvalue weighted by molar-refractivity contribution is 7.20. The van der Waals surface area contributed by atoms with E-state index < -0.39 is 0 Å². The minimum Gasteiger partial charge on any atom is -0.494 e. The van der Waals surface area contributed by atoms with Crippen LogP contribution in [0.15, 0.2) is 42.6 Å². The first-order valence-electron chi connectivity index (χ1n) is 8.51. The van der Waals surface area contributed by atoms with Gasteiger partial charge in [-0.15, -0.1) is 23.7 Å². The number of pyridine rings is 1. The SMILES string of the molecule is C#CCCCCOc1cccc(NC(=O)c2sc3ncccc3c2C)c1. The van der Waals surface area contributed by atoms with E-state index in [1.807, 2.05) is 43.3 Å². The van der Waals surface area contributed by atoms with Gasteiger partial charge < -0.3 is 10.1 Å². The zero-order chi connectivity index (χ0) is 18.4. The summed E-state index contributed by atoms with van der Waals surface area (Å²) in [6, 6.07) is 11.3. The van der Waals surface area contributed by atoms with Gasteiger partial charge in [0.1, 0.15) is 10.6 Å². The van der Waals surface area contributed by atoms with Gasteiger partial charge in [-0.05, 0) is 43.5 Å². The van der Waals surface area contributed by atoms with Gasteiger partial charge in [0.25, 0.3) is 5.91 Å². The van der Waals surface area contributed by atoms with Gasteiger partial charge >= 0.3 is 0 Å². The van der Waals surface area contributed by atoms with Crippen molar-refractivity contribution in [2.45, 2.75) is 26.2 Å². The zero-order valence-electron chi connectivity index (χ0n) is 14.6. The first kappa shape index (κ1) is 18.0. The Hall–Kier alpha value is -2.84. The van der Waals surface area contributed by atoms with Gasteiger partial charge in [-0.25, -0.2) is 4.98 Å². The van der Waals surface area contributed by atoms with Crippen molar-refractivity contribution in [3.05, 3.63) is 53.0 Å². The molecule has 3 rings (SSSR count). The maximum atomic E-state index is 12.7. The Bertz CT molecular complexity index is 956. The van der Waals surface area contributed by atoms with E-state index in [0.717, 1.165) is 40.8 Å². The average Bonchev–Trinajstić information content (AvgIpc) is 2.99. The van der Waals surface area contributed by atoms with E-state index in [9.17, 15) is 4.79 Å². The highest BCUT2D eigenvalue weighted by Crippen LogP contribution is 2.29. The third-order valence-electron chi connectivity index (χ3n) is 4.00. The maximum absolute atomic E-state index is 12.7. The average molecular weight is 364 g/mol. The minimum atomic E-state index is -0.128. The largest absolute Gasteiger partial charge is 0.494 e. The van der Waals surface area contributed by atoms with Gasteiger partial charge in [-0.1, -0.05) is 12.1 Å². The molecule has 0 unspecified atom stereocenters. The van der Waals surface area contributed by atoms with Crippen LogP contribution in [0.1, 0.15) is 34.5 Å². The van der Waals surface area contributed by atoms with Gasteiger partial charge in [0.05, 0.1) is 11.5 Å². The predicted molar refractivity (Wildman–Crippen MR) is 107 cm³/mol. The molecule has 0 saturated heterocycles. The molecule has 0 saturated carbocycles. The van der Waals surface area contributed by atoms with E-state index in [1.165, 1.54) is 11.3 Å². The molecule has 0 atom stereocenters. The molecule has 0 spiro atoms. The number of ether oxygens (including phenoxy) is 1. The predicted octanol–water partition coefficient (Wildman–Crippen LogP) is 5.04. The quantitative estimate of drug-likeness (QED) is 0.472. The van der Waals surface area contributed by atoms with Gasteiger partial charge in [0, 0.05) is 29.8 Å². The molecular formula is C21H20N2O2S. The second-order valence-corrected chi connectivity index (χ2v) is 6.90. The molecule has 1 N–H and O–H groups in total. The summed E-state index contributed by atoms with van der Waals surface area (Å²) in [4.78, 5) is 18.5. The summed E-state index contributed by atoms with van der Waals surface area (Å²) in [5.74, 6) is 3.23. The second kappa shape index (κ2) is 8.50. The van der Waals surface area contributed by atoms with Crippen LogP contribution >= 0.6 is 11.3 Å². The Balaban J connectivity index is 1.66. The molecule has 1 amide bonds. The molecule has 0 fully saturated rings. The van der Waals surface area contributed by atoms with Crippen molar-refractivity contribution in [2.75, 3.05) is 11.9 Å². The highest BCUT2D eigenvalue weighted by Gasteiger charge is 2.16. The van der Waals surface area contributed by atoms with Gasteiger partial charge in [0.2, 0.25) is 0 Å². The summed E-state index contributed by atoms with van der Waals surface area (Å²) in [6.07, 6.45) is 9.61. The lowest BCUT2D eigenvalue weighted by Crippen LogP contribution is -2.11. The molecule has 132 valence electrons. The van der Waals surface area contributed by atoms with E-state index in [1.54, 1.807) is 6.20 Å². The Morgan fingerprint density at radius 2 is 2.19 bits per heavy atom. The van der Waals surface area contributed by atoms with Crippen LogP contribution in [0, 0.1) is 19.3 Å². The van der Waals surface area contributed by atoms with Crippen LogP contribution in [0.3, 0.4) is 0 Å². The van der Waals surface area contributed by atoms with Crippen molar-refractivity contribution >= 4 is 33.1 Å². The molecule has 26 heavy (non-hydrogen) atoms. The fourth-order valence-corrected chi connectivity index (χ4v) is 3.69. The van der Waals surface area contributed by atoms with Gasteiger partial charge in [0.15, 0.2) is 0 Å². The lowest BCUT2D eigenvalue weighted by Gasteiger charge is -2.09. The first-order valence-corrected chi connectivity index (χ1v) is 9.32. The number of carbonyl (C=O) groups is 1. The molecule has 1 aromatic carbocycles. The highest BCUT2D eigenvalue weighted by atomic mass is 32.1. The number of nitrogens with zero attached hydrogens (tertiary/aromatic N) is 1. The van der Waals surface area contributed by atoms with Crippen molar-refractivity contribution in [3.63, 3.8) is 0 Å². The fraction of sp³-hybridized carbons (Fsp3) is 0.238. The van der Waals surface area contributed by atoms with Crippen LogP contribution in [0.2, 0.25) is 0 Å². The van der Waals surface area contributed by atoms with Crippen LogP contribution in [-0.2, 0) is 0 Å². The Morgan fingerprint density at radius 3 is 3.00 bits per heavy atom. The minimum absolute atomic E-state index is 0.128. The molecule has 5 heteroatoms. The normalized spacial score (nSPS) is 10.5. The Labute approximate surface area is 157 Å². The summed E-state index contributed by atoms with van der Waals surface area (Å²) in [7, 11) is 0. The summed E-state index contributed by atoms with van der Waals surface area (Å²) in [5, 5.41) is 3.97. The molecule has 4 nitrogen and oxygen atoms in total. The number of amides is 1. The summed E-state index contributed by atoms with van der Waals surface area (Å²) >= 11 is 1.41. The summed E-state index contributed by atoms with van der Waals surface area (Å²) in [5.41, 5.74) is 1.66. The number of thiophene rings is 1. The monoisotopic (exact) mass is 364 g/mol. The van der Waals surface area contributed by atoms with E-state index in [2.05, 4.69) is 16.2 Å². The molecule has 0 aliphatic heterocycles. The summed E-state index contributed by atoms with van der Waals surface area (Å²) < 4.78 is 5.72.